The third-order valence-electron chi connectivity index (χ3n) is 5.50. The highest BCUT2D eigenvalue weighted by Gasteiger charge is 2.33. The van der Waals surface area contributed by atoms with Crippen LogP contribution in [0.25, 0.3) is 10.8 Å². The molecule has 3 nitrogen and oxygen atoms in total. The number of nitrogens with zero attached hydrogens (tertiary/aromatic N) is 3. The topological polar surface area (TPSA) is 30.0 Å². The number of rotatable bonds is 6. The lowest BCUT2D eigenvalue weighted by Gasteiger charge is -2.21. The summed E-state index contributed by atoms with van der Waals surface area (Å²) in [6.45, 7) is 7.05. The molecule has 4 rings (SSSR count). The van der Waals surface area contributed by atoms with Gasteiger partial charge >= 0.3 is 0 Å². The van der Waals surface area contributed by atoms with Crippen LogP contribution in [0.15, 0.2) is 59.1 Å². The minimum Gasteiger partial charge on any atom is -0.372 e. The SMILES string of the molecule is CCN(CC)c1ccc(C2=[N+](CCC#N)c3ccc(Br)c4cccc2c34)cc1. The Morgan fingerprint density at radius 3 is 2.43 bits per heavy atom. The average Bonchev–Trinajstić information content (AvgIpc) is 3.05. The highest BCUT2D eigenvalue weighted by Crippen LogP contribution is 2.40. The zero-order valence-electron chi connectivity index (χ0n) is 16.2. The van der Waals surface area contributed by atoms with Gasteiger partial charge < -0.3 is 4.90 Å². The summed E-state index contributed by atoms with van der Waals surface area (Å²) in [5, 5.41) is 11.7. The first-order valence-electron chi connectivity index (χ1n) is 9.78. The molecule has 3 aromatic carbocycles. The van der Waals surface area contributed by atoms with Crippen molar-refractivity contribution in [2.75, 3.05) is 24.5 Å². The van der Waals surface area contributed by atoms with Gasteiger partial charge in [0.05, 0.1) is 23.4 Å². The van der Waals surface area contributed by atoms with Crippen molar-refractivity contribution in [1.82, 2.24) is 0 Å². The van der Waals surface area contributed by atoms with Crippen LogP contribution in [0.1, 0.15) is 31.4 Å². The van der Waals surface area contributed by atoms with Crippen LogP contribution in [0.2, 0.25) is 0 Å². The number of hydrogen-bond acceptors (Lipinski definition) is 2. The summed E-state index contributed by atoms with van der Waals surface area (Å²) in [7, 11) is 0. The maximum Gasteiger partial charge on any atom is 0.221 e. The van der Waals surface area contributed by atoms with E-state index < -0.39 is 0 Å². The van der Waals surface area contributed by atoms with Crippen LogP contribution in [0.4, 0.5) is 11.4 Å². The Balaban J connectivity index is 1.89. The molecule has 0 saturated carbocycles. The molecular weight excluding hydrogens is 410 g/mol. The van der Waals surface area contributed by atoms with Crippen LogP contribution in [0.3, 0.4) is 0 Å². The fourth-order valence-electron chi connectivity index (χ4n) is 4.16. The largest absolute Gasteiger partial charge is 0.372 e. The molecule has 0 aromatic heterocycles. The summed E-state index contributed by atoms with van der Waals surface area (Å²) in [5.41, 5.74) is 6.05. The minimum atomic E-state index is 0.493. The van der Waals surface area contributed by atoms with Crippen LogP contribution in [0, 0.1) is 11.3 Å². The first-order valence-corrected chi connectivity index (χ1v) is 10.6. The van der Waals surface area contributed by atoms with E-state index in [-0.39, 0.29) is 0 Å². The van der Waals surface area contributed by atoms with Gasteiger partial charge in [0.1, 0.15) is 0 Å². The van der Waals surface area contributed by atoms with Crippen molar-refractivity contribution in [2.45, 2.75) is 20.3 Å². The molecule has 1 aliphatic heterocycles. The Morgan fingerprint density at radius 2 is 1.75 bits per heavy atom. The van der Waals surface area contributed by atoms with Crippen molar-refractivity contribution in [2.24, 2.45) is 0 Å². The Kier molecular flexibility index (Phi) is 5.19. The van der Waals surface area contributed by atoms with Gasteiger partial charge in [0.15, 0.2) is 6.54 Å². The van der Waals surface area contributed by atoms with E-state index in [0.29, 0.717) is 13.0 Å². The Hall–Kier alpha value is -2.64. The zero-order chi connectivity index (χ0) is 19.7. The van der Waals surface area contributed by atoms with Gasteiger partial charge in [-0.1, -0.05) is 28.1 Å². The minimum absolute atomic E-state index is 0.493. The number of hydrogen-bond donors (Lipinski definition) is 0. The molecule has 140 valence electrons. The van der Waals surface area contributed by atoms with E-state index in [9.17, 15) is 5.26 Å². The molecular formula is C24H23BrN3+. The molecule has 0 bridgehead atoms. The molecule has 0 fully saturated rings. The second kappa shape index (κ2) is 7.77. The fourth-order valence-corrected chi connectivity index (χ4v) is 4.63. The van der Waals surface area contributed by atoms with Gasteiger partial charge in [-0.05, 0) is 50.2 Å². The van der Waals surface area contributed by atoms with E-state index in [2.05, 4.69) is 99.9 Å². The maximum atomic E-state index is 9.19. The Labute approximate surface area is 174 Å². The Morgan fingerprint density at radius 1 is 1.00 bits per heavy atom. The number of halogens is 1. The molecule has 4 heteroatoms. The smallest absolute Gasteiger partial charge is 0.221 e. The molecule has 0 amide bonds. The third kappa shape index (κ3) is 3.00. The third-order valence-corrected chi connectivity index (χ3v) is 6.19. The van der Waals surface area contributed by atoms with Crippen LogP contribution >= 0.6 is 15.9 Å². The first kappa shape index (κ1) is 18.7. The van der Waals surface area contributed by atoms with E-state index in [0.717, 1.165) is 17.6 Å². The highest BCUT2D eigenvalue weighted by atomic mass is 79.9. The molecule has 1 heterocycles. The van der Waals surface area contributed by atoms with Gasteiger partial charge in [-0.15, -0.1) is 0 Å². The number of benzene rings is 3. The lowest BCUT2D eigenvalue weighted by molar-refractivity contribution is -0.434. The molecule has 0 aliphatic carbocycles. The van der Waals surface area contributed by atoms with Gasteiger partial charge in [-0.3, -0.25) is 0 Å². The predicted octanol–water partition coefficient (Wildman–Crippen LogP) is 5.86. The quantitative estimate of drug-likeness (QED) is 0.456. The summed E-state index contributed by atoms with van der Waals surface area (Å²) in [6, 6.07) is 21.9. The van der Waals surface area contributed by atoms with Crippen LogP contribution < -0.4 is 4.90 Å². The average molecular weight is 433 g/mol. The van der Waals surface area contributed by atoms with Gasteiger partial charge in [-0.25, -0.2) is 0 Å². The van der Waals surface area contributed by atoms with Crippen LogP contribution in [-0.4, -0.2) is 29.9 Å². The van der Waals surface area contributed by atoms with E-state index in [1.807, 2.05) is 0 Å². The summed E-state index contributed by atoms with van der Waals surface area (Å²) >= 11 is 3.70. The predicted molar refractivity (Wildman–Crippen MR) is 120 cm³/mol. The molecule has 28 heavy (non-hydrogen) atoms. The van der Waals surface area contributed by atoms with Crippen LogP contribution in [-0.2, 0) is 0 Å². The van der Waals surface area contributed by atoms with Crippen molar-refractivity contribution < 1.29 is 4.58 Å². The number of nitriles is 1. The number of anilines is 1. The molecule has 0 spiro atoms. The van der Waals surface area contributed by atoms with Gasteiger partial charge in [0.25, 0.3) is 0 Å². The molecule has 0 N–H and O–H groups in total. The first-order chi connectivity index (χ1) is 13.7. The second-order valence-electron chi connectivity index (χ2n) is 6.92. The lowest BCUT2D eigenvalue weighted by Crippen LogP contribution is -2.22. The highest BCUT2D eigenvalue weighted by molar-refractivity contribution is 9.10. The van der Waals surface area contributed by atoms with Crippen molar-refractivity contribution in [3.63, 3.8) is 0 Å². The van der Waals surface area contributed by atoms with E-state index in [1.165, 1.54) is 39.0 Å². The molecule has 0 atom stereocenters. The van der Waals surface area contributed by atoms with Crippen molar-refractivity contribution in [3.8, 4) is 6.07 Å². The van der Waals surface area contributed by atoms with Crippen molar-refractivity contribution in [3.05, 3.63) is 70.2 Å². The zero-order valence-corrected chi connectivity index (χ0v) is 17.8. The normalized spacial score (nSPS) is 12.5. The van der Waals surface area contributed by atoms with Gasteiger partial charge in [0, 0.05) is 40.3 Å². The van der Waals surface area contributed by atoms with E-state index >= 15 is 0 Å². The molecule has 0 unspecified atom stereocenters. The van der Waals surface area contributed by atoms with Gasteiger partial charge in [0.2, 0.25) is 11.4 Å². The second-order valence-corrected chi connectivity index (χ2v) is 7.78. The van der Waals surface area contributed by atoms with Gasteiger partial charge in [-0.2, -0.15) is 9.84 Å². The summed E-state index contributed by atoms with van der Waals surface area (Å²) in [6.07, 6.45) is 0.493. The molecule has 0 saturated heterocycles. The Bertz CT molecular complexity index is 1100. The summed E-state index contributed by atoms with van der Waals surface area (Å²) in [5.74, 6) is 0. The fraction of sp³-hybridized carbons (Fsp3) is 0.250. The summed E-state index contributed by atoms with van der Waals surface area (Å²) in [4.78, 5) is 2.35. The lowest BCUT2D eigenvalue weighted by atomic mass is 9.98. The van der Waals surface area contributed by atoms with E-state index in [1.54, 1.807) is 0 Å². The standard InChI is InChI=1S/C24H23BrN3/c1-3-27(4-2)18-11-9-17(10-12-18)24-20-8-5-7-19-21(25)13-14-22(23(19)20)28(24)16-6-15-26/h5,7-14H,3-4,6,16H2,1-2H3/q+1. The van der Waals surface area contributed by atoms with E-state index in [4.69, 9.17) is 0 Å². The van der Waals surface area contributed by atoms with Crippen molar-refractivity contribution >= 4 is 43.8 Å². The molecule has 3 aromatic rings. The maximum absolute atomic E-state index is 9.19. The molecule has 1 aliphatic rings. The van der Waals surface area contributed by atoms with Crippen molar-refractivity contribution in [1.29, 1.82) is 5.26 Å². The summed E-state index contributed by atoms with van der Waals surface area (Å²) < 4.78 is 3.41. The molecule has 0 radical (unpaired) electrons. The monoisotopic (exact) mass is 432 g/mol. The van der Waals surface area contributed by atoms with Crippen LogP contribution in [0.5, 0.6) is 0 Å².